The maximum Gasteiger partial charge on any atom is 0.319 e. The number of ether oxygens (including phenoxy) is 2. The van der Waals surface area contributed by atoms with Crippen molar-refractivity contribution in [1.29, 1.82) is 0 Å². The maximum atomic E-state index is 10.9. The topological polar surface area (TPSA) is 55.8 Å². The fourth-order valence-electron chi connectivity index (χ4n) is 0.828. The van der Waals surface area contributed by atoms with Crippen molar-refractivity contribution in [3.05, 3.63) is 0 Å². The summed E-state index contributed by atoms with van der Waals surface area (Å²) in [6, 6.07) is 0. The lowest BCUT2D eigenvalue weighted by molar-refractivity contribution is -0.145. The molecular weight excluding hydrogens is 210 g/mol. The second-order valence-corrected chi connectivity index (χ2v) is 2.93. The van der Waals surface area contributed by atoms with Gasteiger partial charge in [0.25, 0.3) is 0 Å². The molecule has 0 heterocycles. The molecule has 0 aliphatic heterocycles. The molecule has 0 N–H and O–H groups in total. The van der Waals surface area contributed by atoms with E-state index >= 15 is 0 Å². The molecule has 0 saturated carbocycles. The van der Waals surface area contributed by atoms with Gasteiger partial charge in [-0.05, 0) is 0 Å². The highest BCUT2D eigenvalue weighted by atomic mass is 35.5. The summed E-state index contributed by atoms with van der Waals surface area (Å²) in [6.45, 7) is 0.516. The van der Waals surface area contributed by atoms with Gasteiger partial charge in [0.1, 0.15) is 0 Å². The number of esters is 2. The minimum atomic E-state index is -0.404. The normalized spacial score (nSPS) is 10.0. The zero-order valence-electron chi connectivity index (χ0n) is 8.29. The number of carbonyl (C=O) groups is 2. The Morgan fingerprint density at radius 2 is 1.57 bits per heavy atom. The fraction of sp³-hybridized carbons (Fsp3) is 0.750. The van der Waals surface area contributed by atoms with E-state index in [2.05, 4.69) is 9.47 Å². The highest BCUT2D eigenvalue weighted by Crippen LogP contribution is 1.92. The molecular formula is C8H14ClNO4. The second-order valence-electron chi connectivity index (χ2n) is 2.55. The molecule has 0 rings (SSSR count). The number of rotatable bonds is 6. The number of hydrogen-bond donors (Lipinski definition) is 0. The van der Waals surface area contributed by atoms with E-state index in [-0.39, 0.29) is 13.1 Å². The van der Waals surface area contributed by atoms with Crippen LogP contribution in [0.3, 0.4) is 0 Å². The average Bonchev–Trinajstić information content (AvgIpc) is 2.17. The van der Waals surface area contributed by atoms with Crippen LogP contribution in [0.25, 0.3) is 0 Å². The molecule has 5 nitrogen and oxygen atoms in total. The molecule has 0 aromatic rings. The lowest BCUT2D eigenvalue weighted by atomic mass is 10.4. The zero-order valence-corrected chi connectivity index (χ0v) is 9.04. The summed E-state index contributed by atoms with van der Waals surface area (Å²) in [5.41, 5.74) is 0. The molecule has 0 aliphatic carbocycles. The molecule has 0 atom stereocenters. The van der Waals surface area contributed by atoms with Crippen LogP contribution >= 0.6 is 11.6 Å². The van der Waals surface area contributed by atoms with Crippen LogP contribution in [0.15, 0.2) is 0 Å². The summed E-state index contributed by atoms with van der Waals surface area (Å²) in [6.07, 6.45) is 0. The Bertz CT molecular complexity index is 180. The molecule has 0 amide bonds. The molecule has 0 aromatic carbocycles. The molecule has 6 heteroatoms. The molecule has 0 radical (unpaired) electrons. The number of halogens is 1. The number of nitrogens with zero attached hydrogens (tertiary/aromatic N) is 1. The molecule has 82 valence electrons. The Labute approximate surface area is 87.9 Å². The van der Waals surface area contributed by atoms with E-state index in [1.807, 2.05) is 0 Å². The van der Waals surface area contributed by atoms with Crippen molar-refractivity contribution in [3.8, 4) is 0 Å². The number of hydrogen-bond acceptors (Lipinski definition) is 5. The van der Waals surface area contributed by atoms with Crippen molar-refractivity contribution in [2.75, 3.05) is 39.7 Å². The van der Waals surface area contributed by atoms with Gasteiger partial charge < -0.3 is 9.47 Å². The van der Waals surface area contributed by atoms with Gasteiger partial charge in [-0.1, -0.05) is 0 Å². The summed E-state index contributed by atoms with van der Waals surface area (Å²) < 4.78 is 8.93. The summed E-state index contributed by atoms with van der Waals surface area (Å²) in [5, 5.41) is 0. The SMILES string of the molecule is COC(=O)CN(CCCl)CC(=O)OC. The van der Waals surface area contributed by atoms with Crippen LogP contribution in [0.1, 0.15) is 0 Å². The first-order chi connectivity index (χ1) is 6.63. The van der Waals surface area contributed by atoms with E-state index in [4.69, 9.17) is 11.6 Å². The van der Waals surface area contributed by atoms with Gasteiger partial charge in [0, 0.05) is 12.4 Å². The molecule has 0 saturated heterocycles. The molecule has 14 heavy (non-hydrogen) atoms. The molecule has 0 fully saturated rings. The van der Waals surface area contributed by atoms with Crippen molar-refractivity contribution in [2.45, 2.75) is 0 Å². The Balaban J connectivity index is 4.00. The summed E-state index contributed by atoms with van der Waals surface area (Å²) in [5.74, 6) is -0.466. The Kier molecular flexibility index (Phi) is 7.14. The highest BCUT2D eigenvalue weighted by Gasteiger charge is 2.14. The van der Waals surface area contributed by atoms with E-state index in [1.54, 1.807) is 4.90 Å². The van der Waals surface area contributed by atoms with E-state index in [0.29, 0.717) is 12.4 Å². The predicted molar refractivity (Wildman–Crippen MR) is 51.2 cm³/mol. The van der Waals surface area contributed by atoms with E-state index in [1.165, 1.54) is 14.2 Å². The van der Waals surface area contributed by atoms with Crippen molar-refractivity contribution in [1.82, 2.24) is 4.90 Å². The van der Waals surface area contributed by atoms with Gasteiger partial charge in [0.15, 0.2) is 0 Å². The molecule has 0 aliphatic rings. The molecule has 0 unspecified atom stereocenters. The van der Waals surface area contributed by atoms with Gasteiger partial charge in [0.05, 0.1) is 27.3 Å². The summed E-state index contributed by atoms with van der Waals surface area (Å²) in [7, 11) is 2.58. The van der Waals surface area contributed by atoms with Gasteiger partial charge in [-0.15, -0.1) is 11.6 Å². The van der Waals surface area contributed by atoms with Crippen LogP contribution in [0.4, 0.5) is 0 Å². The highest BCUT2D eigenvalue weighted by molar-refractivity contribution is 6.18. The second kappa shape index (κ2) is 7.58. The van der Waals surface area contributed by atoms with Crippen LogP contribution < -0.4 is 0 Å². The third-order valence-electron chi connectivity index (χ3n) is 1.56. The monoisotopic (exact) mass is 223 g/mol. The average molecular weight is 224 g/mol. The Morgan fingerprint density at radius 3 is 1.86 bits per heavy atom. The van der Waals surface area contributed by atoms with E-state index < -0.39 is 11.9 Å². The minimum Gasteiger partial charge on any atom is -0.468 e. The quantitative estimate of drug-likeness (QED) is 0.464. The van der Waals surface area contributed by atoms with Crippen molar-refractivity contribution in [2.24, 2.45) is 0 Å². The molecule has 0 aromatic heterocycles. The van der Waals surface area contributed by atoms with Crippen LogP contribution in [-0.4, -0.2) is 56.6 Å². The van der Waals surface area contributed by atoms with Crippen LogP contribution in [0, 0.1) is 0 Å². The van der Waals surface area contributed by atoms with Gasteiger partial charge >= 0.3 is 11.9 Å². The molecule has 0 spiro atoms. The lowest BCUT2D eigenvalue weighted by Crippen LogP contribution is -2.36. The smallest absolute Gasteiger partial charge is 0.319 e. The number of alkyl halides is 1. The van der Waals surface area contributed by atoms with Crippen LogP contribution in [0.5, 0.6) is 0 Å². The summed E-state index contributed by atoms with van der Waals surface area (Å²) in [4.78, 5) is 23.4. The van der Waals surface area contributed by atoms with E-state index in [0.717, 1.165) is 0 Å². The first-order valence-electron chi connectivity index (χ1n) is 4.06. The predicted octanol–water partition coefficient (Wildman–Crippen LogP) is -0.127. The lowest BCUT2D eigenvalue weighted by Gasteiger charge is -2.17. The number of methoxy groups -OCH3 is 2. The van der Waals surface area contributed by atoms with Gasteiger partial charge in [-0.3, -0.25) is 14.5 Å². The van der Waals surface area contributed by atoms with Gasteiger partial charge in [-0.25, -0.2) is 0 Å². The third-order valence-corrected chi connectivity index (χ3v) is 1.73. The van der Waals surface area contributed by atoms with Gasteiger partial charge in [-0.2, -0.15) is 0 Å². The van der Waals surface area contributed by atoms with Crippen LogP contribution in [0.2, 0.25) is 0 Å². The van der Waals surface area contributed by atoms with Crippen molar-refractivity contribution >= 4 is 23.5 Å². The Morgan fingerprint density at radius 1 is 1.14 bits per heavy atom. The summed E-state index contributed by atoms with van der Waals surface area (Å²) >= 11 is 5.50. The number of carbonyl (C=O) groups excluding carboxylic acids is 2. The fourth-order valence-corrected chi connectivity index (χ4v) is 1.07. The zero-order chi connectivity index (χ0) is 11.0. The van der Waals surface area contributed by atoms with Crippen molar-refractivity contribution < 1.29 is 19.1 Å². The standard InChI is InChI=1S/C8H14ClNO4/c1-13-7(11)5-10(4-3-9)6-8(12)14-2/h3-6H2,1-2H3. The first kappa shape index (κ1) is 13.2. The third kappa shape index (κ3) is 5.77. The minimum absolute atomic E-state index is 0.0400. The molecule has 0 bridgehead atoms. The maximum absolute atomic E-state index is 10.9. The van der Waals surface area contributed by atoms with E-state index in [9.17, 15) is 9.59 Å². The largest absolute Gasteiger partial charge is 0.468 e. The van der Waals surface area contributed by atoms with Gasteiger partial charge in [0.2, 0.25) is 0 Å². The van der Waals surface area contributed by atoms with Crippen molar-refractivity contribution in [3.63, 3.8) is 0 Å². The first-order valence-corrected chi connectivity index (χ1v) is 4.59. The Hall–Kier alpha value is -0.810. The van der Waals surface area contributed by atoms with Crippen LogP contribution in [-0.2, 0) is 19.1 Å².